The maximum Gasteiger partial charge on any atom is 0.328 e. The van der Waals surface area contributed by atoms with Gasteiger partial charge in [-0.3, -0.25) is 105 Å². The summed E-state index contributed by atoms with van der Waals surface area (Å²) in [7, 11) is 0. The number of hydrogen-bond donors (Lipinski definition) is 27. The van der Waals surface area contributed by atoms with Gasteiger partial charge in [-0.2, -0.15) is 11.8 Å². The maximum atomic E-state index is 14.6. The third-order valence-corrected chi connectivity index (χ3v) is 22.3. The molecule has 0 heterocycles. The zero-order valence-corrected chi connectivity index (χ0v) is 84.8. The first kappa shape index (κ1) is 126. The molecule has 0 spiro atoms. The zero-order chi connectivity index (χ0) is 108. The third kappa shape index (κ3) is 48.2. The second-order valence-electron chi connectivity index (χ2n) is 36.2. The molecule has 2 aromatic carbocycles. The van der Waals surface area contributed by atoms with Gasteiger partial charge in [-0.1, -0.05) is 136 Å². The Morgan fingerprint density at radius 2 is 0.594 bits per heavy atom. The van der Waals surface area contributed by atoms with Gasteiger partial charge in [0.1, 0.15) is 96.7 Å². The van der Waals surface area contributed by atoms with Crippen molar-refractivity contribution >= 4 is 148 Å². The SMILES string of the molecule is CC[C@H](C)[C@H](NC(=O)CNC(=O)[C@@H](NC(=O)[C@H](C)N)C(C)C)C(=O)NCC(=O)N[C@@H](C)C(=O)N[C@@H](CC(C)C)C(=O)N[C@@H](Cc1ccccc1)C(=O)N[C@@H](CC(C)C)C(=O)NCC(=O)N[C@@H](Cc1ccccc1)C(=O)N[C@@H](CC(C)C)C(=O)NCC(=O)N[C@@H](C)C(=O)N[C@@H](C)C(=O)NCC(=O)N[C@@H](CO)C(=O)N[C@H](C(=O)N[C@@H](CCSC)C(=O)NCC(=O)N[C@@H](C)C(=O)N[C@@H](C)C(=O)N[C@@H](CO)C(=O)O)[C@@H](C)O. The van der Waals surface area contributed by atoms with E-state index in [9.17, 15) is 126 Å². The summed E-state index contributed by atoms with van der Waals surface area (Å²) in [6.07, 6.45) is 0.0644. The fourth-order valence-electron chi connectivity index (χ4n) is 13.3. The number of carboxylic acid groups (broad SMARTS) is 1. The van der Waals surface area contributed by atoms with Crippen LogP contribution in [0.5, 0.6) is 0 Å². The average Bonchev–Trinajstić information content (AvgIpc) is 0.840. The summed E-state index contributed by atoms with van der Waals surface area (Å²) >= 11 is 1.26. The number of benzene rings is 2. The van der Waals surface area contributed by atoms with Gasteiger partial charge in [0.05, 0.1) is 64.6 Å². The normalized spacial score (nSPS) is 15.1. The van der Waals surface area contributed by atoms with Gasteiger partial charge < -0.3 is 143 Å². The van der Waals surface area contributed by atoms with Crippen molar-refractivity contribution in [1.82, 2.24) is 117 Å². The van der Waals surface area contributed by atoms with Crippen molar-refractivity contribution in [3.8, 4) is 0 Å². The molecule has 143 heavy (non-hydrogen) atoms. The number of nitrogens with two attached hydrogens (primary N) is 1. The number of thioether (sulfide) groups is 1. The van der Waals surface area contributed by atoms with Crippen LogP contribution in [0.15, 0.2) is 60.7 Å². The number of aliphatic carboxylic acids is 1. The highest BCUT2D eigenvalue weighted by molar-refractivity contribution is 7.98. The fraction of sp³-hybridized carbons (Fsp3) is 0.620. The second kappa shape index (κ2) is 64.8. The van der Waals surface area contributed by atoms with Crippen molar-refractivity contribution in [3.63, 3.8) is 0 Å². The Bertz CT molecular complexity index is 4650. The van der Waals surface area contributed by atoms with Gasteiger partial charge in [-0.25, -0.2) is 4.79 Å². The van der Waals surface area contributed by atoms with Crippen molar-refractivity contribution < 1.29 is 131 Å². The quantitative estimate of drug-likeness (QED) is 0.0292. The van der Waals surface area contributed by atoms with E-state index in [2.05, 4.69) is 112 Å². The number of carboxylic acids is 1. The standard InChI is InChI=1S/C92H147N23O27S/c1-19-49(10)74(113-72(124)42-98-89(138)73(48(8)9)114-76(125)50(11)93)90(139)99-39-69(121)102-54(15)80(129)108-62(34-47(6)7)85(134)111-64(36-58-28-24-21-25-29-58)87(136)110-61(33-46(4)5)84(133)97-41-70(122)105-63(35-57-26-22-20-23-27-57)86(135)109-60(32-45(2)3)83(132)96-38-68(120)100-52(13)78(127)103-51(12)77(126)94-40-71(123)106-65(43-116)88(137)115-75(56(17)118)91(140)107-59(30-31-143-18)82(131)95-37-67(119)101-53(14)79(128)104-55(16)81(130)112-66(44-117)92(141)142/h20-29,45-56,59-66,73-75,116-118H,19,30-44,93H2,1-18H3,(H,94,126)(H,95,131)(H,96,132)(H,97,133)(H,98,138)(H,99,139)(H,100,120)(H,101,119)(H,102,121)(H,103,127)(H,104,128)(H,105,122)(H,106,123)(H,107,140)(H,108,129)(H,109,135)(H,110,136)(H,111,134)(H,112,130)(H,113,124)(H,114,125)(H,115,137)(H,141,142)/t49-,50-,51-,52-,53-,54-,55-,56+,59-,60-,61-,62-,63-,64-,65-,66-,73-,74-,75-/m0/s1. The van der Waals surface area contributed by atoms with Crippen LogP contribution in [0.1, 0.15) is 161 Å². The van der Waals surface area contributed by atoms with Crippen molar-refractivity contribution in [1.29, 1.82) is 0 Å². The van der Waals surface area contributed by atoms with Crippen LogP contribution in [0.4, 0.5) is 0 Å². The molecule has 50 nitrogen and oxygen atoms in total. The summed E-state index contributed by atoms with van der Waals surface area (Å²) in [5.41, 5.74) is 6.77. The molecule has 0 aliphatic heterocycles. The lowest BCUT2D eigenvalue weighted by Crippen LogP contribution is -2.61. The zero-order valence-electron chi connectivity index (χ0n) is 84.0. The Morgan fingerprint density at radius 1 is 0.301 bits per heavy atom. The number of carbonyl (C=O) groups is 23. The molecule has 0 saturated carbocycles. The number of aliphatic hydroxyl groups is 3. The van der Waals surface area contributed by atoms with Gasteiger partial charge in [-0.15, -0.1) is 0 Å². The van der Waals surface area contributed by atoms with Crippen LogP contribution < -0.4 is 123 Å². The van der Waals surface area contributed by atoms with Crippen molar-refractivity contribution in [2.75, 3.05) is 64.5 Å². The summed E-state index contributed by atoms with van der Waals surface area (Å²) in [5, 5.41) is 92.3. The van der Waals surface area contributed by atoms with Gasteiger partial charge in [0.15, 0.2) is 0 Å². The molecule has 0 aliphatic rings. The number of hydrogen-bond acceptors (Lipinski definition) is 28. The van der Waals surface area contributed by atoms with Crippen LogP contribution in [-0.4, -0.2) is 330 Å². The molecule has 0 fully saturated rings. The van der Waals surface area contributed by atoms with Crippen molar-refractivity contribution in [3.05, 3.63) is 71.8 Å². The first-order chi connectivity index (χ1) is 67.1. The van der Waals surface area contributed by atoms with E-state index in [1.807, 2.05) is 5.32 Å². The molecule has 0 aromatic heterocycles. The summed E-state index contributed by atoms with van der Waals surface area (Å²) < 4.78 is 0. The van der Waals surface area contributed by atoms with E-state index in [1.165, 1.54) is 53.3 Å². The summed E-state index contributed by atoms with van der Waals surface area (Å²) in [6, 6.07) is -6.46. The average molecular weight is 2040 g/mol. The Kier molecular flexibility index (Phi) is 56.9. The van der Waals surface area contributed by atoms with Crippen LogP contribution in [0.2, 0.25) is 0 Å². The molecule has 798 valence electrons. The van der Waals surface area contributed by atoms with E-state index in [0.717, 1.165) is 6.92 Å². The van der Waals surface area contributed by atoms with E-state index in [-0.39, 0.29) is 67.9 Å². The van der Waals surface area contributed by atoms with Gasteiger partial charge in [0.2, 0.25) is 130 Å². The smallest absolute Gasteiger partial charge is 0.328 e. The Morgan fingerprint density at radius 3 is 0.965 bits per heavy atom. The van der Waals surface area contributed by atoms with Crippen molar-refractivity contribution in [2.45, 2.75) is 271 Å². The molecule has 2 aromatic rings. The lowest BCUT2D eigenvalue weighted by Gasteiger charge is -2.27. The molecule has 28 N–H and O–H groups in total. The van der Waals surface area contributed by atoms with Gasteiger partial charge in [0, 0.05) is 12.8 Å². The first-order valence-corrected chi connectivity index (χ1v) is 48.4. The number of amides is 22. The molecule has 0 unspecified atom stereocenters. The molecular weight excluding hydrogens is 1890 g/mol. The topological polar surface area (TPSA) is 764 Å². The predicted octanol–water partition coefficient (Wildman–Crippen LogP) is -8.58. The van der Waals surface area contributed by atoms with Crippen LogP contribution in [0.25, 0.3) is 0 Å². The van der Waals surface area contributed by atoms with E-state index < -0.39 is 303 Å². The van der Waals surface area contributed by atoms with E-state index in [0.29, 0.717) is 17.5 Å². The van der Waals surface area contributed by atoms with Crippen LogP contribution in [0, 0.1) is 29.6 Å². The summed E-state index contributed by atoms with van der Waals surface area (Å²) in [4.78, 5) is 307. The Balaban J connectivity index is 2.15. The number of carbonyl (C=O) groups excluding carboxylic acids is 22. The highest BCUT2D eigenvalue weighted by atomic mass is 32.2. The Hall–Kier alpha value is -13.6. The summed E-state index contributed by atoms with van der Waals surface area (Å²) in [6.45, 7) is 19.7. The van der Waals surface area contributed by atoms with Crippen LogP contribution >= 0.6 is 11.8 Å². The highest BCUT2D eigenvalue weighted by Crippen LogP contribution is 2.16. The van der Waals surface area contributed by atoms with Gasteiger partial charge in [0.25, 0.3) is 0 Å². The second-order valence-corrected chi connectivity index (χ2v) is 37.2. The third-order valence-electron chi connectivity index (χ3n) is 21.6. The Labute approximate surface area is 834 Å². The molecular formula is C92H147N23O27S. The molecule has 2 rings (SSSR count). The molecule has 51 heteroatoms. The minimum Gasteiger partial charge on any atom is -0.480 e. The van der Waals surface area contributed by atoms with Gasteiger partial charge >= 0.3 is 5.97 Å². The molecule has 0 aliphatic carbocycles. The van der Waals surface area contributed by atoms with Crippen LogP contribution in [0.3, 0.4) is 0 Å². The molecule has 0 saturated heterocycles. The maximum absolute atomic E-state index is 14.6. The molecule has 0 bridgehead atoms. The molecule has 19 atom stereocenters. The summed E-state index contributed by atoms with van der Waals surface area (Å²) in [5.74, 6) is -22.4. The number of nitrogens with one attached hydrogen (secondary N) is 22. The number of rotatable bonds is 64. The molecule has 22 amide bonds. The lowest BCUT2D eigenvalue weighted by molar-refractivity contribution is -0.143. The largest absolute Gasteiger partial charge is 0.480 e. The first-order valence-electron chi connectivity index (χ1n) is 47.0. The van der Waals surface area contributed by atoms with E-state index in [1.54, 1.807) is 136 Å². The number of aliphatic hydroxyl groups excluding tert-OH is 3. The van der Waals surface area contributed by atoms with Gasteiger partial charge in [-0.05, 0) is 127 Å². The fourth-order valence-corrected chi connectivity index (χ4v) is 13.8. The van der Waals surface area contributed by atoms with Crippen molar-refractivity contribution in [2.24, 2.45) is 35.3 Å². The van der Waals surface area contributed by atoms with E-state index in [4.69, 9.17) is 10.8 Å². The predicted molar refractivity (Wildman–Crippen MR) is 520 cm³/mol. The minimum atomic E-state index is -1.84. The minimum absolute atomic E-state index is 0.000141. The lowest BCUT2D eigenvalue weighted by atomic mass is 9.98. The molecule has 0 radical (unpaired) electrons. The van der Waals surface area contributed by atoms with E-state index >= 15 is 0 Å². The highest BCUT2D eigenvalue weighted by Gasteiger charge is 2.39. The van der Waals surface area contributed by atoms with Crippen LogP contribution in [-0.2, 0) is 123 Å². The monoisotopic (exact) mass is 2040 g/mol.